The number of anilines is 1. The van der Waals surface area contributed by atoms with Gasteiger partial charge in [0.2, 0.25) is 0 Å². The molecular weight excluding hydrogens is 250 g/mol. The van der Waals surface area contributed by atoms with E-state index in [9.17, 15) is 0 Å². The van der Waals surface area contributed by atoms with Crippen LogP contribution in [-0.4, -0.2) is 38.6 Å². The Labute approximate surface area is 119 Å². The maximum atomic E-state index is 5.91. The summed E-state index contributed by atoms with van der Waals surface area (Å²) in [5.41, 5.74) is 8.04. The van der Waals surface area contributed by atoms with Gasteiger partial charge >= 0.3 is 0 Å². The molecule has 108 valence electrons. The Kier molecular flexibility index (Phi) is 3.61. The first-order chi connectivity index (χ1) is 9.65. The minimum absolute atomic E-state index is 0.649. The Balaban J connectivity index is 1.70. The van der Waals surface area contributed by atoms with Crippen LogP contribution in [-0.2, 0) is 6.42 Å². The zero-order valence-electron chi connectivity index (χ0n) is 12.3. The molecule has 0 aliphatic carbocycles. The summed E-state index contributed by atoms with van der Waals surface area (Å²) in [4.78, 5) is 6.98. The second kappa shape index (κ2) is 5.40. The summed E-state index contributed by atoms with van der Waals surface area (Å²) < 4.78 is 1.73. The zero-order chi connectivity index (χ0) is 14.1. The van der Waals surface area contributed by atoms with Crippen LogP contribution >= 0.6 is 0 Å². The monoisotopic (exact) mass is 273 g/mol. The van der Waals surface area contributed by atoms with Crippen molar-refractivity contribution < 1.29 is 0 Å². The number of rotatable bonds is 3. The SMILES string of the molecule is CC(C)N1CCC(Cc2cnn3c(N)ccnc23)CC1. The van der Waals surface area contributed by atoms with Gasteiger partial charge in [-0.25, -0.2) is 4.98 Å². The van der Waals surface area contributed by atoms with E-state index < -0.39 is 0 Å². The molecule has 3 heterocycles. The van der Waals surface area contributed by atoms with Gasteiger partial charge in [-0.1, -0.05) is 0 Å². The van der Waals surface area contributed by atoms with Crippen molar-refractivity contribution in [1.29, 1.82) is 0 Å². The Morgan fingerprint density at radius 3 is 2.80 bits per heavy atom. The van der Waals surface area contributed by atoms with E-state index in [0.717, 1.165) is 18.0 Å². The molecule has 5 nitrogen and oxygen atoms in total. The van der Waals surface area contributed by atoms with Gasteiger partial charge in [0, 0.05) is 17.8 Å². The molecule has 1 aliphatic heterocycles. The molecule has 5 heteroatoms. The van der Waals surface area contributed by atoms with E-state index >= 15 is 0 Å². The molecule has 0 amide bonds. The van der Waals surface area contributed by atoms with Gasteiger partial charge < -0.3 is 10.6 Å². The van der Waals surface area contributed by atoms with Crippen molar-refractivity contribution >= 4 is 11.5 Å². The lowest BCUT2D eigenvalue weighted by Crippen LogP contribution is -2.38. The molecule has 0 spiro atoms. The molecule has 2 aromatic rings. The van der Waals surface area contributed by atoms with Gasteiger partial charge in [0.25, 0.3) is 0 Å². The molecule has 1 fully saturated rings. The third-order valence-corrected chi connectivity index (χ3v) is 4.39. The maximum absolute atomic E-state index is 5.91. The molecule has 0 aromatic carbocycles. The summed E-state index contributed by atoms with van der Waals surface area (Å²) in [6.07, 6.45) is 7.27. The fraction of sp³-hybridized carbons (Fsp3) is 0.600. The third kappa shape index (κ3) is 2.50. The van der Waals surface area contributed by atoms with Crippen LogP contribution in [0.15, 0.2) is 18.5 Å². The van der Waals surface area contributed by atoms with Gasteiger partial charge in [-0.15, -0.1) is 0 Å². The van der Waals surface area contributed by atoms with E-state index in [1.807, 2.05) is 6.20 Å². The zero-order valence-corrected chi connectivity index (χ0v) is 12.3. The minimum atomic E-state index is 0.649. The molecule has 20 heavy (non-hydrogen) atoms. The molecule has 1 aliphatic rings. The second-order valence-corrected chi connectivity index (χ2v) is 6.05. The van der Waals surface area contributed by atoms with Gasteiger partial charge in [0.05, 0.1) is 6.20 Å². The molecule has 0 saturated carbocycles. The van der Waals surface area contributed by atoms with E-state index in [2.05, 4.69) is 28.8 Å². The van der Waals surface area contributed by atoms with E-state index in [1.54, 1.807) is 16.8 Å². The summed E-state index contributed by atoms with van der Waals surface area (Å²) in [5, 5.41) is 4.35. The number of aromatic nitrogens is 3. The molecule has 2 aromatic heterocycles. The maximum Gasteiger partial charge on any atom is 0.160 e. The Morgan fingerprint density at radius 1 is 1.35 bits per heavy atom. The molecule has 1 saturated heterocycles. The number of piperidine rings is 1. The fourth-order valence-corrected chi connectivity index (χ4v) is 3.09. The summed E-state index contributed by atoms with van der Waals surface area (Å²) in [7, 11) is 0. The van der Waals surface area contributed by atoms with Crippen molar-refractivity contribution in [1.82, 2.24) is 19.5 Å². The van der Waals surface area contributed by atoms with Crippen LogP contribution in [0.25, 0.3) is 5.65 Å². The average Bonchev–Trinajstić information content (AvgIpc) is 2.84. The fourth-order valence-electron chi connectivity index (χ4n) is 3.09. The van der Waals surface area contributed by atoms with Crippen LogP contribution in [0.5, 0.6) is 0 Å². The van der Waals surface area contributed by atoms with Gasteiger partial charge in [0.15, 0.2) is 5.65 Å². The lowest BCUT2D eigenvalue weighted by Gasteiger charge is -2.34. The predicted octanol–water partition coefficient (Wildman–Crippen LogP) is 1.97. The van der Waals surface area contributed by atoms with Gasteiger partial charge in [-0.05, 0) is 58.2 Å². The molecule has 0 bridgehead atoms. The molecule has 2 N–H and O–H groups in total. The number of likely N-dealkylation sites (tertiary alicyclic amines) is 1. The standard InChI is InChI=1S/C15H23N5/c1-11(2)19-7-4-12(5-8-19)9-13-10-18-20-14(16)3-6-17-15(13)20/h3,6,10-12H,4-5,7-9,16H2,1-2H3. The number of nitrogen functional groups attached to an aromatic ring is 1. The van der Waals surface area contributed by atoms with E-state index in [4.69, 9.17) is 5.73 Å². The lowest BCUT2D eigenvalue weighted by atomic mass is 9.90. The number of nitrogens with two attached hydrogens (primary N) is 1. The summed E-state index contributed by atoms with van der Waals surface area (Å²) in [6, 6.07) is 2.44. The first-order valence-electron chi connectivity index (χ1n) is 7.46. The second-order valence-electron chi connectivity index (χ2n) is 6.05. The van der Waals surface area contributed by atoms with Crippen LogP contribution in [0.3, 0.4) is 0 Å². The number of hydrogen-bond acceptors (Lipinski definition) is 4. The highest BCUT2D eigenvalue weighted by molar-refractivity contribution is 5.51. The van der Waals surface area contributed by atoms with Crippen LogP contribution in [0, 0.1) is 5.92 Å². The van der Waals surface area contributed by atoms with Crippen LogP contribution < -0.4 is 5.73 Å². The highest BCUT2D eigenvalue weighted by Crippen LogP contribution is 2.24. The normalized spacial score (nSPS) is 18.1. The minimum Gasteiger partial charge on any atom is -0.384 e. The smallest absolute Gasteiger partial charge is 0.160 e. The van der Waals surface area contributed by atoms with E-state index in [1.165, 1.54) is 31.5 Å². The predicted molar refractivity (Wildman–Crippen MR) is 80.5 cm³/mol. The van der Waals surface area contributed by atoms with Crippen molar-refractivity contribution in [2.75, 3.05) is 18.8 Å². The molecule has 0 unspecified atom stereocenters. The summed E-state index contributed by atoms with van der Waals surface area (Å²) in [6.45, 7) is 6.96. The summed E-state index contributed by atoms with van der Waals surface area (Å²) in [5.74, 6) is 1.39. The first-order valence-corrected chi connectivity index (χ1v) is 7.46. The molecule has 3 rings (SSSR count). The summed E-state index contributed by atoms with van der Waals surface area (Å²) >= 11 is 0. The molecule has 0 atom stereocenters. The quantitative estimate of drug-likeness (QED) is 0.929. The molecular formula is C15H23N5. The average molecular weight is 273 g/mol. The van der Waals surface area contributed by atoms with E-state index in [0.29, 0.717) is 11.9 Å². The Bertz CT molecular complexity index is 581. The first kappa shape index (κ1) is 13.4. The van der Waals surface area contributed by atoms with Gasteiger partial charge in [0.1, 0.15) is 5.82 Å². The van der Waals surface area contributed by atoms with Crippen LogP contribution in [0.1, 0.15) is 32.3 Å². The third-order valence-electron chi connectivity index (χ3n) is 4.39. The van der Waals surface area contributed by atoms with Crippen molar-refractivity contribution in [2.24, 2.45) is 5.92 Å². The largest absolute Gasteiger partial charge is 0.384 e. The number of nitrogens with zero attached hydrogens (tertiary/aromatic N) is 4. The topological polar surface area (TPSA) is 59.5 Å². The highest BCUT2D eigenvalue weighted by Gasteiger charge is 2.22. The van der Waals surface area contributed by atoms with Crippen molar-refractivity contribution in [3.8, 4) is 0 Å². The van der Waals surface area contributed by atoms with Gasteiger partial charge in [-0.3, -0.25) is 0 Å². The lowest BCUT2D eigenvalue weighted by molar-refractivity contribution is 0.149. The van der Waals surface area contributed by atoms with Crippen molar-refractivity contribution in [2.45, 2.75) is 39.2 Å². The van der Waals surface area contributed by atoms with E-state index in [-0.39, 0.29) is 0 Å². The molecule has 0 radical (unpaired) electrons. The van der Waals surface area contributed by atoms with Crippen LogP contribution in [0.2, 0.25) is 0 Å². The Morgan fingerprint density at radius 2 is 2.10 bits per heavy atom. The van der Waals surface area contributed by atoms with Crippen molar-refractivity contribution in [3.05, 3.63) is 24.0 Å². The van der Waals surface area contributed by atoms with Crippen LogP contribution in [0.4, 0.5) is 5.82 Å². The Hall–Kier alpha value is -1.62. The number of hydrogen-bond donors (Lipinski definition) is 1. The number of fused-ring (bicyclic) bond motifs is 1. The van der Waals surface area contributed by atoms with Gasteiger partial charge in [-0.2, -0.15) is 9.61 Å². The highest BCUT2D eigenvalue weighted by atomic mass is 15.3. The van der Waals surface area contributed by atoms with Crippen molar-refractivity contribution in [3.63, 3.8) is 0 Å².